The minimum absolute atomic E-state index is 0.0191. The maximum atomic E-state index is 13.1. The van der Waals surface area contributed by atoms with Crippen LogP contribution in [0, 0.1) is 5.82 Å². The highest BCUT2D eigenvalue weighted by Crippen LogP contribution is 2.12. The zero-order valence-electron chi connectivity index (χ0n) is 15.7. The number of likely N-dealkylation sites (N-methyl/N-ethyl adjacent to an activating group) is 1. The molecule has 152 valence electrons. The van der Waals surface area contributed by atoms with Crippen molar-refractivity contribution >= 4 is 21.8 Å². The molecule has 0 saturated heterocycles. The number of halogens is 1. The van der Waals surface area contributed by atoms with Gasteiger partial charge in [-0.3, -0.25) is 9.59 Å². The SMILES string of the molecule is C[C@@H](C(=O)NCCCO)N(Cc1ccc(F)cc1)C(=O)CN(C)S(C)(=O)=O. The lowest BCUT2D eigenvalue weighted by Crippen LogP contribution is -2.50. The number of amides is 2. The minimum atomic E-state index is -3.57. The summed E-state index contributed by atoms with van der Waals surface area (Å²) in [7, 11) is -2.29. The molecular formula is C17H26FN3O5S. The summed E-state index contributed by atoms with van der Waals surface area (Å²) in [6, 6.07) is 4.59. The Balaban J connectivity index is 2.98. The van der Waals surface area contributed by atoms with E-state index in [0.29, 0.717) is 12.0 Å². The molecule has 27 heavy (non-hydrogen) atoms. The fourth-order valence-corrected chi connectivity index (χ4v) is 2.55. The number of carbonyl (C=O) groups is 2. The van der Waals surface area contributed by atoms with E-state index in [2.05, 4.69) is 5.32 Å². The van der Waals surface area contributed by atoms with Crippen molar-refractivity contribution in [1.82, 2.24) is 14.5 Å². The summed E-state index contributed by atoms with van der Waals surface area (Å²) < 4.78 is 37.1. The molecule has 0 fully saturated rings. The van der Waals surface area contributed by atoms with Crippen molar-refractivity contribution in [2.45, 2.75) is 25.9 Å². The summed E-state index contributed by atoms with van der Waals surface area (Å²) in [5, 5.41) is 11.4. The molecule has 0 aliphatic rings. The fourth-order valence-electron chi connectivity index (χ4n) is 2.21. The highest BCUT2D eigenvalue weighted by atomic mass is 32.2. The molecule has 8 nitrogen and oxygen atoms in total. The number of carbonyl (C=O) groups excluding carboxylic acids is 2. The van der Waals surface area contributed by atoms with Crippen LogP contribution in [0.15, 0.2) is 24.3 Å². The van der Waals surface area contributed by atoms with Gasteiger partial charge in [-0.05, 0) is 31.0 Å². The second-order valence-corrected chi connectivity index (χ2v) is 8.30. The predicted octanol–water partition coefficient (Wildman–Crippen LogP) is -0.0672. The Kier molecular flexibility index (Phi) is 8.80. The van der Waals surface area contributed by atoms with Gasteiger partial charge >= 0.3 is 0 Å². The Morgan fingerprint density at radius 1 is 1.26 bits per heavy atom. The quantitative estimate of drug-likeness (QED) is 0.532. The molecule has 1 rings (SSSR count). The summed E-state index contributed by atoms with van der Waals surface area (Å²) in [5.74, 6) is -1.42. The van der Waals surface area contributed by atoms with Gasteiger partial charge in [-0.25, -0.2) is 12.8 Å². The van der Waals surface area contributed by atoms with Crippen molar-refractivity contribution in [3.8, 4) is 0 Å². The first-order valence-electron chi connectivity index (χ1n) is 8.40. The van der Waals surface area contributed by atoms with Crippen LogP contribution in [0.4, 0.5) is 4.39 Å². The van der Waals surface area contributed by atoms with Crippen LogP contribution < -0.4 is 5.32 Å². The smallest absolute Gasteiger partial charge is 0.242 e. The third-order valence-electron chi connectivity index (χ3n) is 3.99. The van der Waals surface area contributed by atoms with Gasteiger partial charge < -0.3 is 15.3 Å². The number of rotatable bonds is 10. The first kappa shape index (κ1) is 23.0. The molecule has 0 aliphatic carbocycles. The number of benzene rings is 1. The summed E-state index contributed by atoms with van der Waals surface area (Å²) in [6.07, 6.45) is 1.36. The summed E-state index contributed by atoms with van der Waals surface area (Å²) in [4.78, 5) is 26.2. The lowest BCUT2D eigenvalue weighted by Gasteiger charge is -2.30. The number of sulfonamides is 1. The van der Waals surface area contributed by atoms with E-state index < -0.39 is 40.2 Å². The van der Waals surface area contributed by atoms with Crippen LogP contribution in [0.3, 0.4) is 0 Å². The van der Waals surface area contributed by atoms with Crippen molar-refractivity contribution in [2.24, 2.45) is 0 Å². The van der Waals surface area contributed by atoms with Crippen molar-refractivity contribution < 1.29 is 27.5 Å². The highest BCUT2D eigenvalue weighted by molar-refractivity contribution is 7.88. The van der Waals surface area contributed by atoms with Gasteiger partial charge in [0.2, 0.25) is 21.8 Å². The third kappa shape index (κ3) is 7.61. The Labute approximate surface area is 159 Å². The maximum Gasteiger partial charge on any atom is 0.242 e. The molecule has 0 aromatic heterocycles. The van der Waals surface area contributed by atoms with Gasteiger partial charge in [0.1, 0.15) is 11.9 Å². The molecule has 0 spiro atoms. The van der Waals surface area contributed by atoms with E-state index in [1.165, 1.54) is 43.1 Å². The molecule has 1 aromatic carbocycles. The average Bonchev–Trinajstić information content (AvgIpc) is 2.59. The summed E-state index contributed by atoms with van der Waals surface area (Å²) in [6.45, 7) is 1.29. The second kappa shape index (κ2) is 10.3. The van der Waals surface area contributed by atoms with E-state index in [-0.39, 0.29) is 19.7 Å². The third-order valence-corrected chi connectivity index (χ3v) is 5.25. The minimum Gasteiger partial charge on any atom is -0.396 e. The number of hydrogen-bond donors (Lipinski definition) is 2. The van der Waals surface area contributed by atoms with Crippen LogP contribution in [0.5, 0.6) is 0 Å². The number of aliphatic hydroxyl groups is 1. The van der Waals surface area contributed by atoms with E-state index in [1.807, 2.05) is 0 Å². The van der Waals surface area contributed by atoms with Crippen LogP contribution in [0.2, 0.25) is 0 Å². The molecule has 0 saturated carbocycles. The van der Waals surface area contributed by atoms with Gasteiger partial charge in [0.25, 0.3) is 0 Å². The fraction of sp³-hybridized carbons (Fsp3) is 0.529. The van der Waals surface area contributed by atoms with Gasteiger partial charge in [0, 0.05) is 26.7 Å². The Morgan fingerprint density at radius 2 is 1.85 bits per heavy atom. The number of nitrogens with one attached hydrogen (secondary N) is 1. The molecule has 2 N–H and O–H groups in total. The van der Waals surface area contributed by atoms with Crippen molar-refractivity contribution in [2.75, 3.05) is 33.0 Å². The molecule has 1 aromatic rings. The topological polar surface area (TPSA) is 107 Å². The number of nitrogens with zero attached hydrogens (tertiary/aromatic N) is 2. The normalized spacial score (nSPS) is 12.7. The second-order valence-electron chi connectivity index (χ2n) is 6.21. The van der Waals surface area contributed by atoms with Gasteiger partial charge in [0.05, 0.1) is 12.8 Å². The van der Waals surface area contributed by atoms with Crippen LogP contribution >= 0.6 is 0 Å². The van der Waals surface area contributed by atoms with E-state index >= 15 is 0 Å². The summed E-state index contributed by atoms with van der Waals surface area (Å²) in [5.41, 5.74) is 0.599. The van der Waals surface area contributed by atoms with Crippen molar-refractivity contribution in [3.05, 3.63) is 35.6 Å². The van der Waals surface area contributed by atoms with Gasteiger partial charge in [-0.2, -0.15) is 4.31 Å². The maximum absolute atomic E-state index is 13.1. The first-order chi connectivity index (χ1) is 12.6. The van der Waals surface area contributed by atoms with Crippen molar-refractivity contribution in [3.63, 3.8) is 0 Å². The van der Waals surface area contributed by atoms with Crippen LogP contribution in [0.25, 0.3) is 0 Å². The zero-order chi connectivity index (χ0) is 20.6. The van der Waals surface area contributed by atoms with Crippen LogP contribution in [-0.2, 0) is 26.2 Å². The van der Waals surface area contributed by atoms with Gasteiger partial charge in [-0.15, -0.1) is 0 Å². The predicted molar refractivity (Wildman–Crippen MR) is 98.6 cm³/mol. The van der Waals surface area contributed by atoms with E-state index in [4.69, 9.17) is 5.11 Å². The molecule has 0 radical (unpaired) electrons. The van der Waals surface area contributed by atoms with Gasteiger partial charge in [-0.1, -0.05) is 12.1 Å². The molecule has 0 aliphatic heterocycles. The van der Waals surface area contributed by atoms with Crippen molar-refractivity contribution in [1.29, 1.82) is 0 Å². The van der Waals surface area contributed by atoms with Gasteiger partial charge in [0.15, 0.2) is 0 Å². The first-order valence-corrected chi connectivity index (χ1v) is 10.2. The zero-order valence-corrected chi connectivity index (χ0v) is 16.5. The van der Waals surface area contributed by atoms with E-state index in [0.717, 1.165) is 10.6 Å². The highest BCUT2D eigenvalue weighted by Gasteiger charge is 2.28. The Hall–Kier alpha value is -2.04. The molecular weight excluding hydrogens is 377 g/mol. The number of hydrogen-bond acceptors (Lipinski definition) is 5. The molecule has 2 amide bonds. The van der Waals surface area contributed by atoms with Crippen LogP contribution in [0.1, 0.15) is 18.9 Å². The molecule has 0 heterocycles. The lowest BCUT2D eigenvalue weighted by molar-refractivity contribution is -0.140. The Bertz CT molecular complexity index is 739. The largest absolute Gasteiger partial charge is 0.396 e. The van der Waals surface area contributed by atoms with E-state index in [1.54, 1.807) is 0 Å². The number of aliphatic hydroxyl groups excluding tert-OH is 1. The monoisotopic (exact) mass is 403 g/mol. The van der Waals surface area contributed by atoms with Crippen LogP contribution in [-0.4, -0.2) is 73.6 Å². The molecule has 1 atom stereocenters. The molecule has 10 heteroatoms. The summed E-state index contributed by atoms with van der Waals surface area (Å²) >= 11 is 0. The molecule has 0 unspecified atom stereocenters. The lowest BCUT2D eigenvalue weighted by atomic mass is 10.1. The Morgan fingerprint density at radius 3 is 2.37 bits per heavy atom. The standard InChI is InChI=1S/C17H26FN3O5S/c1-13(17(24)19-9-4-10-22)21(11-14-5-7-15(18)8-6-14)16(23)12-20(2)27(3,25)26/h5-8,13,22H,4,9-12H2,1-3H3,(H,19,24)/t13-/m0/s1. The van der Waals surface area contributed by atoms with E-state index in [9.17, 15) is 22.4 Å². The average molecular weight is 403 g/mol. The molecule has 0 bridgehead atoms.